The van der Waals surface area contributed by atoms with Crippen molar-refractivity contribution in [3.63, 3.8) is 0 Å². The predicted octanol–water partition coefficient (Wildman–Crippen LogP) is 3.64. The molecule has 1 aromatic carbocycles. The molecule has 0 saturated carbocycles. The molecule has 0 fully saturated rings. The maximum atomic E-state index is 12.1. The van der Waals surface area contributed by atoms with E-state index in [0.717, 1.165) is 17.5 Å². The molecule has 10 heteroatoms. The van der Waals surface area contributed by atoms with E-state index in [1.807, 2.05) is 32.3 Å². The lowest BCUT2D eigenvalue weighted by Crippen LogP contribution is -2.33. The second kappa shape index (κ2) is 11.5. The van der Waals surface area contributed by atoms with Crippen molar-refractivity contribution in [2.24, 2.45) is 0 Å². The van der Waals surface area contributed by atoms with Crippen LogP contribution in [-0.2, 0) is 11.2 Å². The van der Waals surface area contributed by atoms with Crippen LogP contribution in [0.3, 0.4) is 0 Å². The third kappa shape index (κ3) is 5.95. The molecule has 35 heavy (non-hydrogen) atoms. The van der Waals surface area contributed by atoms with Gasteiger partial charge in [0.15, 0.2) is 0 Å². The molecule has 2 aromatic heterocycles. The molecule has 0 aliphatic carbocycles. The van der Waals surface area contributed by atoms with Crippen molar-refractivity contribution in [3.8, 4) is 22.6 Å². The molecule has 0 amide bonds. The third-order valence-corrected chi connectivity index (χ3v) is 5.77. The smallest absolute Gasteiger partial charge is 0.326 e. The summed E-state index contributed by atoms with van der Waals surface area (Å²) in [6, 6.07) is 4.51. The fraction of sp³-hybridized carbons (Fsp3) is 0.400. The predicted molar refractivity (Wildman–Crippen MR) is 134 cm³/mol. The Bertz CT molecular complexity index is 1130. The minimum Gasteiger partial charge on any atom is -0.496 e. The summed E-state index contributed by atoms with van der Waals surface area (Å²) in [7, 11) is 6.84. The molecule has 0 radical (unpaired) electrons. The highest BCUT2D eigenvalue weighted by Crippen LogP contribution is 2.37. The summed E-state index contributed by atoms with van der Waals surface area (Å²) in [6.07, 6.45) is 5.97. The molecule has 2 heterocycles. The first-order valence-corrected chi connectivity index (χ1v) is 11.3. The van der Waals surface area contributed by atoms with Crippen LogP contribution in [0.4, 0.5) is 11.8 Å². The lowest BCUT2D eigenvalue weighted by atomic mass is 10.0. The molecular formula is C25H32N6O4. The van der Waals surface area contributed by atoms with Crippen LogP contribution in [0.15, 0.2) is 36.8 Å². The largest absolute Gasteiger partial charge is 0.496 e. The van der Waals surface area contributed by atoms with Crippen molar-refractivity contribution >= 4 is 17.7 Å². The first-order valence-electron chi connectivity index (χ1n) is 11.3. The van der Waals surface area contributed by atoms with Crippen molar-refractivity contribution in [1.29, 1.82) is 0 Å². The first kappa shape index (κ1) is 25.7. The number of ether oxygens (including phenoxy) is 2. The molecule has 1 unspecified atom stereocenters. The van der Waals surface area contributed by atoms with E-state index in [1.54, 1.807) is 37.7 Å². The van der Waals surface area contributed by atoms with Gasteiger partial charge in [-0.3, -0.25) is 0 Å². The minimum atomic E-state index is -1.02. The monoisotopic (exact) mass is 480 g/mol. The maximum Gasteiger partial charge on any atom is 0.326 e. The number of methoxy groups -OCH3 is 2. The van der Waals surface area contributed by atoms with Crippen LogP contribution < -0.4 is 19.7 Å². The Hall–Kier alpha value is -3.95. The summed E-state index contributed by atoms with van der Waals surface area (Å²) in [4.78, 5) is 31.7. The fourth-order valence-corrected chi connectivity index (χ4v) is 3.57. The average molecular weight is 481 g/mol. The fourth-order valence-electron chi connectivity index (χ4n) is 3.57. The second-order valence-electron chi connectivity index (χ2n) is 8.34. The summed E-state index contributed by atoms with van der Waals surface area (Å²) in [5.74, 6) is 1.77. The number of rotatable bonds is 11. The molecule has 3 aromatic rings. The molecule has 2 atom stereocenters. The van der Waals surface area contributed by atoms with Crippen molar-refractivity contribution in [3.05, 3.63) is 48.2 Å². The van der Waals surface area contributed by atoms with Crippen LogP contribution in [0.1, 0.15) is 37.6 Å². The standard InChI is InChI=1S/C25H32N6O4/c1-7-15(2)17-14-28-25(31(3)4)30-23(17)29-18(24(32)33)11-21-26-12-16(13-27-21)22-19(34-5)9-8-10-20(22)35-6/h8-10,12-15,18H,7,11H2,1-6H3,(H,32,33)(H,28,29,30)/t15?,18-/m0/s1. The van der Waals surface area contributed by atoms with Crippen LogP contribution in [-0.4, -0.2) is 65.4 Å². The van der Waals surface area contributed by atoms with Crippen molar-refractivity contribution < 1.29 is 19.4 Å². The number of carboxylic acids is 1. The molecule has 0 bridgehead atoms. The zero-order chi connectivity index (χ0) is 25.5. The topological polar surface area (TPSA) is 123 Å². The van der Waals surface area contributed by atoms with Crippen molar-refractivity contribution in [1.82, 2.24) is 19.9 Å². The summed E-state index contributed by atoms with van der Waals surface area (Å²) in [6.45, 7) is 4.12. The number of benzene rings is 1. The van der Waals surface area contributed by atoms with Gasteiger partial charge in [-0.25, -0.2) is 19.7 Å². The lowest BCUT2D eigenvalue weighted by molar-refractivity contribution is -0.137. The van der Waals surface area contributed by atoms with E-state index in [0.29, 0.717) is 34.7 Å². The van der Waals surface area contributed by atoms with E-state index in [9.17, 15) is 9.90 Å². The van der Waals surface area contributed by atoms with Gasteiger partial charge in [0.2, 0.25) is 5.95 Å². The van der Waals surface area contributed by atoms with E-state index in [-0.39, 0.29) is 12.3 Å². The Kier molecular flexibility index (Phi) is 8.40. The second-order valence-corrected chi connectivity index (χ2v) is 8.34. The van der Waals surface area contributed by atoms with Gasteiger partial charge in [0.25, 0.3) is 0 Å². The lowest BCUT2D eigenvalue weighted by Gasteiger charge is -2.21. The first-order chi connectivity index (χ1) is 16.8. The molecule has 0 aliphatic heterocycles. The number of carbonyl (C=O) groups is 1. The zero-order valence-electron chi connectivity index (χ0n) is 20.9. The summed E-state index contributed by atoms with van der Waals surface area (Å²) in [5.41, 5.74) is 2.30. The number of nitrogens with one attached hydrogen (secondary N) is 1. The number of hydrogen-bond donors (Lipinski definition) is 2. The number of hydrogen-bond acceptors (Lipinski definition) is 9. The van der Waals surface area contributed by atoms with Crippen LogP contribution in [0.5, 0.6) is 11.5 Å². The highest BCUT2D eigenvalue weighted by Gasteiger charge is 2.24. The zero-order valence-corrected chi connectivity index (χ0v) is 20.9. The molecule has 3 rings (SSSR count). The van der Waals surface area contributed by atoms with E-state index in [4.69, 9.17) is 9.47 Å². The Labute approximate surface area is 205 Å². The van der Waals surface area contributed by atoms with Crippen LogP contribution in [0.25, 0.3) is 11.1 Å². The van der Waals surface area contributed by atoms with Gasteiger partial charge in [-0.2, -0.15) is 4.98 Å². The van der Waals surface area contributed by atoms with Crippen molar-refractivity contribution in [2.75, 3.05) is 38.5 Å². The third-order valence-electron chi connectivity index (χ3n) is 5.77. The average Bonchev–Trinajstić information content (AvgIpc) is 2.87. The molecule has 0 saturated heterocycles. The van der Waals surface area contributed by atoms with Gasteiger partial charge in [0, 0.05) is 50.2 Å². The van der Waals surface area contributed by atoms with Crippen LogP contribution >= 0.6 is 0 Å². The van der Waals surface area contributed by atoms with Gasteiger partial charge in [0.05, 0.1) is 19.8 Å². The van der Waals surface area contributed by atoms with E-state index in [2.05, 4.69) is 39.1 Å². The SMILES string of the molecule is CCC(C)c1cnc(N(C)C)nc1N[C@@H](Cc1ncc(-c2c(OC)cccc2OC)cn1)C(=O)O. The molecule has 186 valence electrons. The number of aliphatic carboxylic acids is 1. The Morgan fingerprint density at radius 2 is 1.71 bits per heavy atom. The van der Waals surface area contributed by atoms with E-state index >= 15 is 0 Å². The van der Waals surface area contributed by atoms with Gasteiger partial charge in [-0.05, 0) is 24.5 Å². The Morgan fingerprint density at radius 1 is 1.09 bits per heavy atom. The number of carboxylic acid groups (broad SMARTS) is 1. The van der Waals surface area contributed by atoms with E-state index in [1.165, 1.54) is 0 Å². The Morgan fingerprint density at radius 3 is 2.23 bits per heavy atom. The quantitative estimate of drug-likeness (QED) is 0.420. The van der Waals surface area contributed by atoms with Gasteiger partial charge in [-0.1, -0.05) is 19.9 Å². The number of aromatic nitrogens is 4. The van der Waals surface area contributed by atoms with Crippen LogP contribution in [0, 0.1) is 0 Å². The number of nitrogens with zero attached hydrogens (tertiary/aromatic N) is 5. The van der Waals surface area contributed by atoms with E-state index < -0.39 is 12.0 Å². The van der Waals surface area contributed by atoms with Gasteiger partial charge >= 0.3 is 5.97 Å². The van der Waals surface area contributed by atoms with Gasteiger partial charge in [0.1, 0.15) is 29.2 Å². The van der Waals surface area contributed by atoms with Crippen molar-refractivity contribution in [2.45, 2.75) is 38.6 Å². The summed E-state index contributed by atoms with van der Waals surface area (Å²) < 4.78 is 10.9. The van der Waals surface area contributed by atoms with Crippen LogP contribution in [0.2, 0.25) is 0 Å². The Balaban J connectivity index is 1.88. The maximum absolute atomic E-state index is 12.1. The molecule has 10 nitrogen and oxygen atoms in total. The minimum absolute atomic E-state index is 0.0694. The molecule has 2 N–H and O–H groups in total. The van der Waals surface area contributed by atoms with Gasteiger partial charge < -0.3 is 24.8 Å². The summed E-state index contributed by atoms with van der Waals surface area (Å²) >= 11 is 0. The highest BCUT2D eigenvalue weighted by molar-refractivity contribution is 5.78. The summed E-state index contributed by atoms with van der Waals surface area (Å²) in [5, 5.41) is 13.0. The molecule has 0 spiro atoms. The highest BCUT2D eigenvalue weighted by atomic mass is 16.5. The molecular weight excluding hydrogens is 448 g/mol. The van der Waals surface area contributed by atoms with Gasteiger partial charge in [-0.15, -0.1) is 0 Å². The number of anilines is 2. The normalized spacial score (nSPS) is 12.5. The molecule has 0 aliphatic rings.